The topological polar surface area (TPSA) is 37.3 Å². The molecule has 1 N–H and O–H groups in total. The fourth-order valence-corrected chi connectivity index (χ4v) is 2.11. The van der Waals surface area contributed by atoms with Gasteiger partial charge in [-0.3, -0.25) is 4.79 Å². The van der Waals surface area contributed by atoms with Crippen LogP contribution in [-0.4, -0.2) is 17.1 Å². The number of thioether (sulfide) groups is 1. The third-order valence-corrected chi connectivity index (χ3v) is 3.48. The van der Waals surface area contributed by atoms with Crippen LogP contribution in [0, 0.1) is 0 Å². The van der Waals surface area contributed by atoms with E-state index in [-0.39, 0.29) is 5.78 Å². The van der Waals surface area contributed by atoms with Crippen LogP contribution in [0.15, 0.2) is 59.5 Å². The average Bonchev–Trinajstić information content (AvgIpc) is 2.47. The van der Waals surface area contributed by atoms with E-state index in [0.29, 0.717) is 11.1 Å². The van der Waals surface area contributed by atoms with Crippen LogP contribution < -0.4 is 0 Å². The minimum atomic E-state index is -1.09. The van der Waals surface area contributed by atoms with Crippen LogP contribution in [0.25, 0.3) is 0 Å². The lowest BCUT2D eigenvalue weighted by Gasteiger charge is -2.10. The summed E-state index contributed by atoms with van der Waals surface area (Å²) >= 11 is 1.62. The molecule has 2 nitrogen and oxygen atoms in total. The average molecular weight is 258 g/mol. The predicted octanol–water partition coefficient (Wildman–Crippen LogP) is 3.32. The van der Waals surface area contributed by atoms with Crippen molar-refractivity contribution in [1.29, 1.82) is 0 Å². The van der Waals surface area contributed by atoms with E-state index in [4.69, 9.17) is 0 Å². The summed E-state index contributed by atoms with van der Waals surface area (Å²) in [6.45, 7) is 0. The van der Waals surface area contributed by atoms with E-state index in [1.165, 1.54) is 0 Å². The summed E-state index contributed by atoms with van der Waals surface area (Å²) in [6, 6.07) is 16.2. The molecule has 0 aliphatic carbocycles. The van der Waals surface area contributed by atoms with Crippen LogP contribution in [-0.2, 0) is 0 Å². The van der Waals surface area contributed by atoms with Crippen molar-refractivity contribution in [1.82, 2.24) is 0 Å². The number of rotatable bonds is 4. The smallest absolute Gasteiger partial charge is 0.195 e. The summed E-state index contributed by atoms with van der Waals surface area (Å²) in [5.74, 6) is -0.270. The van der Waals surface area contributed by atoms with E-state index in [2.05, 4.69) is 0 Å². The van der Waals surface area contributed by atoms with Crippen LogP contribution in [0.4, 0.5) is 0 Å². The van der Waals surface area contributed by atoms with Crippen LogP contribution in [0.1, 0.15) is 22.0 Å². The van der Waals surface area contributed by atoms with E-state index in [0.717, 1.165) is 4.90 Å². The predicted molar refractivity (Wildman–Crippen MR) is 74.0 cm³/mol. The van der Waals surface area contributed by atoms with Crippen LogP contribution >= 0.6 is 11.8 Å². The van der Waals surface area contributed by atoms with Gasteiger partial charge in [-0.1, -0.05) is 42.5 Å². The third-order valence-electron chi connectivity index (χ3n) is 2.74. The van der Waals surface area contributed by atoms with Crippen molar-refractivity contribution in [3.8, 4) is 0 Å². The fourth-order valence-electron chi connectivity index (χ4n) is 1.70. The van der Waals surface area contributed by atoms with Gasteiger partial charge in [0.2, 0.25) is 0 Å². The van der Waals surface area contributed by atoms with E-state index in [1.807, 2.05) is 36.6 Å². The molecule has 0 saturated carbocycles. The molecule has 1 atom stereocenters. The van der Waals surface area contributed by atoms with Crippen molar-refractivity contribution >= 4 is 17.5 Å². The molecule has 0 heterocycles. The Morgan fingerprint density at radius 1 is 1.06 bits per heavy atom. The first kappa shape index (κ1) is 12.9. The molecule has 0 amide bonds. The molecule has 0 aliphatic heterocycles. The minimum absolute atomic E-state index is 0.270. The number of Topliss-reactive ketones (excluding diaryl/α,β-unsaturated/α-hetero) is 1. The molecule has 3 heteroatoms. The Morgan fingerprint density at radius 2 is 1.67 bits per heavy atom. The molecule has 0 fully saturated rings. The zero-order valence-electron chi connectivity index (χ0n) is 10.0. The number of carbonyl (C=O) groups is 1. The van der Waals surface area contributed by atoms with Gasteiger partial charge >= 0.3 is 0 Å². The molecule has 2 rings (SSSR count). The zero-order chi connectivity index (χ0) is 13.0. The molecular weight excluding hydrogens is 244 g/mol. The Labute approximate surface area is 111 Å². The van der Waals surface area contributed by atoms with Gasteiger partial charge in [0.15, 0.2) is 5.78 Å². The second-order valence-corrected chi connectivity index (χ2v) is 4.79. The Hall–Kier alpha value is -1.58. The molecule has 0 spiro atoms. The summed E-state index contributed by atoms with van der Waals surface area (Å²) in [4.78, 5) is 13.2. The van der Waals surface area contributed by atoms with Crippen molar-refractivity contribution in [3.63, 3.8) is 0 Å². The Bertz CT molecular complexity index is 520. The maximum absolute atomic E-state index is 12.1. The summed E-state index contributed by atoms with van der Waals surface area (Å²) in [5, 5.41) is 10.0. The second kappa shape index (κ2) is 5.85. The molecule has 92 valence electrons. The summed E-state index contributed by atoms with van der Waals surface area (Å²) in [6.07, 6.45) is 0.890. The summed E-state index contributed by atoms with van der Waals surface area (Å²) < 4.78 is 0. The van der Waals surface area contributed by atoms with Gasteiger partial charge < -0.3 is 5.11 Å². The monoisotopic (exact) mass is 258 g/mol. The molecule has 0 aromatic heterocycles. The largest absolute Gasteiger partial charge is 0.380 e. The number of ketones is 1. The van der Waals surface area contributed by atoms with E-state index >= 15 is 0 Å². The standard InChI is InChI=1S/C15H14O2S/c1-18-13-9-7-12(8-10-13)15(17)14(16)11-5-3-2-4-6-11/h2-10,14,16H,1H3. The van der Waals surface area contributed by atoms with Gasteiger partial charge in [-0.2, -0.15) is 0 Å². The SMILES string of the molecule is CSc1ccc(C(=O)C(O)c2ccccc2)cc1. The van der Waals surface area contributed by atoms with E-state index in [9.17, 15) is 9.90 Å². The molecule has 1 unspecified atom stereocenters. The van der Waals surface area contributed by atoms with Crippen molar-refractivity contribution in [3.05, 3.63) is 65.7 Å². The van der Waals surface area contributed by atoms with Crippen LogP contribution in [0.3, 0.4) is 0 Å². The lowest BCUT2D eigenvalue weighted by molar-refractivity contribution is 0.0747. The van der Waals surface area contributed by atoms with Crippen molar-refractivity contribution in [2.24, 2.45) is 0 Å². The van der Waals surface area contributed by atoms with Gasteiger partial charge in [0.25, 0.3) is 0 Å². The highest BCUT2D eigenvalue weighted by molar-refractivity contribution is 7.98. The molecule has 0 saturated heterocycles. The lowest BCUT2D eigenvalue weighted by atomic mass is 10.0. The normalized spacial score (nSPS) is 12.1. The molecule has 18 heavy (non-hydrogen) atoms. The highest BCUT2D eigenvalue weighted by Gasteiger charge is 2.18. The number of hydrogen-bond donors (Lipinski definition) is 1. The number of carbonyl (C=O) groups excluding carboxylic acids is 1. The molecule has 0 bridgehead atoms. The first-order valence-electron chi connectivity index (χ1n) is 5.63. The van der Waals surface area contributed by atoms with Crippen LogP contribution in [0.5, 0.6) is 0 Å². The number of aliphatic hydroxyl groups excluding tert-OH is 1. The molecule has 2 aromatic carbocycles. The molecule has 2 aromatic rings. The summed E-state index contributed by atoms with van der Waals surface area (Å²) in [5.41, 5.74) is 1.15. The van der Waals surface area contributed by atoms with E-state index in [1.54, 1.807) is 36.0 Å². The van der Waals surface area contributed by atoms with Crippen LogP contribution in [0.2, 0.25) is 0 Å². The Balaban J connectivity index is 2.20. The van der Waals surface area contributed by atoms with Gasteiger partial charge in [-0.15, -0.1) is 11.8 Å². The lowest BCUT2D eigenvalue weighted by Crippen LogP contribution is -2.12. The van der Waals surface area contributed by atoms with Crippen molar-refractivity contribution < 1.29 is 9.90 Å². The van der Waals surface area contributed by atoms with Gasteiger partial charge in [0.05, 0.1) is 0 Å². The molecular formula is C15H14O2S. The van der Waals surface area contributed by atoms with Crippen molar-refractivity contribution in [2.75, 3.05) is 6.26 Å². The molecule has 0 radical (unpaired) electrons. The fraction of sp³-hybridized carbons (Fsp3) is 0.133. The van der Waals surface area contributed by atoms with Gasteiger partial charge in [0.1, 0.15) is 6.10 Å². The quantitative estimate of drug-likeness (QED) is 0.675. The van der Waals surface area contributed by atoms with Gasteiger partial charge in [0, 0.05) is 10.5 Å². The number of hydrogen-bond acceptors (Lipinski definition) is 3. The highest BCUT2D eigenvalue weighted by atomic mass is 32.2. The minimum Gasteiger partial charge on any atom is -0.380 e. The first-order chi connectivity index (χ1) is 8.72. The number of benzene rings is 2. The maximum Gasteiger partial charge on any atom is 0.195 e. The van der Waals surface area contributed by atoms with Crippen molar-refractivity contribution in [2.45, 2.75) is 11.0 Å². The molecule has 0 aliphatic rings. The third kappa shape index (κ3) is 2.81. The first-order valence-corrected chi connectivity index (χ1v) is 6.86. The second-order valence-electron chi connectivity index (χ2n) is 3.91. The van der Waals surface area contributed by atoms with Gasteiger partial charge in [-0.05, 0) is 24.0 Å². The van der Waals surface area contributed by atoms with E-state index < -0.39 is 6.10 Å². The Kier molecular flexibility index (Phi) is 4.18. The summed E-state index contributed by atoms with van der Waals surface area (Å²) in [7, 11) is 0. The number of aliphatic hydroxyl groups is 1. The van der Waals surface area contributed by atoms with Gasteiger partial charge in [-0.25, -0.2) is 0 Å². The Morgan fingerprint density at radius 3 is 2.22 bits per heavy atom. The highest BCUT2D eigenvalue weighted by Crippen LogP contribution is 2.20. The zero-order valence-corrected chi connectivity index (χ0v) is 10.9. The maximum atomic E-state index is 12.1.